The Morgan fingerprint density at radius 2 is 1.72 bits per heavy atom. The number of sulfonamides is 1. The first-order valence-corrected chi connectivity index (χ1v) is 10.7. The molecular formula is C17H18Br2N2O3S. The average Bonchev–Trinajstić information content (AvgIpc) is 2.55. The number of carbonyl (C=O) groups is 1. The van der Waals surface area contributed by atoms with Crippen LogP contribution < -0.4 is 10.0 Å². The summed E-state index contributed by atoms with van der Waals surface area (Å²) in [6.07, 6.45) is 0.0601. The van der Waals surface area contributed by atoms with E-state index in [-0.39, 0.29) is 29.8 Å². The van der Waals surface area contributed by atoms with E-state index in [1.54, 1.807) is 12.1 Å². The Bertz CT molecular complexity index is 839. The van der Waals surface area contributed by atoms with Crippen molar-refractivity contribution in [3.8, 4) is 0 Å². The minimum atomic E-state index is -3.62. The van der Waals surface area contributed by atoms with Crippen LogP contribution in [0.5, 0.6) is 0 Å². The molecule has 2 rings (SSSR count). The third-order valence-electron chi connectivity index (χ3n) is 3.52. The number of rotatable bonds is 7. The van der Waals surface area contributed by atoms with Gasteiger partial charge in [-0.3, -0.25) is 4.79 Å². The Hall–Kier alpha value is -1.22. The lowest BCUT2D eigenvalue weighted by molar-refractivity contribution is -0.121. The molecular weight excluding hydrogens is 472 g/mol. The molecule has 0 heterocycles. The number of amides is 1. The first kappa shape index (κ1) is 20.1. The second kappa shape index (κ2) is 8.93. The van der Waals surface area contributed by atoms with E-state index < -0.39 is 10.0 Å². The summed E-state index contributed by atoms with van der Waals surface area (Å²) in [5.74, 6) is -0.221. The van der Waals surface area contributed by atoms with E-state index in [0.29, 0.717) is 0 Å². The number of benzene rings is 2. The van der Waals surface area contributed by atoms with E-state index in [0.717, 1.165) is 14.5 Å². The van der Waals surface area contributed by atoms with Crippen molar-refractivity contribution in [1.82, 2.24) is 10.0 Å². The van der Waals surface area contributed by atoms with E-state index in [1.165, 1.54) is 12.1 Å². The molecule has 0 saturated carbocycles. The van der Waals surface area contributed by atoms with Gasteiger partial charge < -0.3 is 5.32 Å². The Kier molecular flexibility index (Phi) is 7.18. The van der Waals surface area contributed by atoms with Crippen molar-refractivity contribution in [2.75, 3.05) is 6.54 Å². The predicted molar refractivity (Wildman–Crippen MR) is 105 cm³/mol. The van der Waals surface area contributed by atoms with Gasteiger partial charge in [0.2, 0.25) is 15.9 Å². The standard InChI is InChI=1S/C17H18Br2N2O3S/c1-12(15-4-2-3-5-16(15)19)21-17(22)10-11-20-25(23,24)14-8-6-13(18)7-9-14/h2-9,12,20H,10-11H2,1H3,(H,21,22). The lowest BCUT2D eigenvalue weighted by Crippen LogP contribution is -2.32. The van der Waals surface area contributed by atoms with Crippen LogP contribution in [0.4, 0.5) is 0 Å². The highest BCUT2D eigenvalue weighted by atomic mass is 79.9. The van der Waals surface area contributed by atoms with Gasteiger partial charge in [-0.25, -0.2) is 13.1 Å². The van der Waals surface area contributed by atoms with E-state index in [4.69, 9.17) is 0 Å². The Balaban J connectivity index is 1.86. The van der Waals surface area contributed by atoms with E-state index in [9.17, 15) is 13.2 Å². The fourth-order valence-corrected chi connectivity index (χ4v) is 4.14. The monoisotopic (exact) mass is 488 g/mol. The molecule has 8 heteroatoms. The summed E-state index contributed by atoms with van der Waals surface area (Å²) in [6, 6.07) is 13.8. The lowest BCUT2D eigenvalue weighted by atomic mass is 10.1. The fraction of sp³-hybridized carbons (Fsp3) is 0.235. The van der Waals surface area contributed by atoms with Gasteiger partial charge in [0.15, 0.2) is 0 Å². The van der Waals surface area contributed by atoms with Crippen LogP contribution in [0.25, 0.3) is 0 Å². The molecule has 0 aromatic heterocycles. The van der Waals surface area contributed by atoms with Crippen LogP contribution in [0.15, 0.2) is 62.4 Å². The summed E-state index contributed by atoms with van der Waals surface area (Å²) in [7, 11) is -3.62. The van der Waals surface area contributed by atoms with Gasteiger partial charge in [0.25, 0.3) is 0 Å². The summed E-state index contributed by atoms with van der Waals surface area (Å²) in [4.78, 5) is 12.2. The molecule has 2 aromatic carbocycles. The van der Waals surface area contributed by atoms with Crippen molar-refractivity contribution in [1.29, 1.82) is 0 Å². The maximum Gasteiger partial charge on any atom is 0.240 e. The Labute approximate surface area is 164 Å². The van der Waals surface area contributed by atoms with Crippen LogP contribution in [-0.4, -0.2) is 20.9 Å². The molecule has 0 radical (unpaired) electrons. The number of hydrogen-bond acceptors (Lipinski definition) is 3. The van der Waals surface area contributed by atoms with Crippen LogP contribution in [-0.2, 0) is 14.8 Å². The maximum atomic E-state index is 12.1. The predicted octanol–water partition coefficient (Wildman–Crippen LogP) is 3.76. The highest BCUT2D eigenvalue weighted by Gasteiger charge is 2.15. The van der Waals surface area contributed by atoms with E-state index in [2.05, 4.69) is 41.9 Å². The molecule has 2 aromatic rings. The van der Waals surface area contributed by atoms with Gasteiger partial charge in [-0.15, -0.1) is 0 Å². The van der Waals surface area contributed by atoms with E-state index >= 15 is 0 Å². The van der Waals surface area contributed by atoms with E-state index in [1.807, 2.05) is 31.2 Å². The Morgan fingerprint density at radius 1 is 1.08 bits per heavy atom. The molecule has 0 aliphatic heterocycles. The number of halogens is 2. The van der Waals surface area contributed by atoms with Crippen molar-refractivity contribution in [2.45, 2.75) is 24.3 Å². The number of carbonyl (C=O) groups excluding carboxylic acids is 1. The number of nitrogens with one attached hydrogen (secondary N) is 2. The molecule has 0 bridgehead atoms. The van der Waals surface area contributed by atoms with Gasteiger partial charge in [0.05, 0.1) is 10.9 Å². The summed E-state index contributed by atoms with van der Waals surface area (Å²) < 4.78 is 28.4. The largest absolute Gasteiger partial charge is 0.350 e. The molecule has 0 aliphatic rings. The van der Waals surface area contributed by atoms with Gasteiger partial charge in [-0.1, -0.05) is 50.1 Å². The second-order valence-electron chi connectivity index (χ2n) is 5.41. The minimum absolute atomic E-state index is 0.0346. The van der Waals surface area contributed by atoms with Crippen LogP contribution in [0.2, 0.25) is 0 Å². The molecule has 0 spiro atoms. The van der Waals surface area contributed by atoms with Gasteiger partial charge in [-0.05, 0) is 42.8 Å². The van der Waals surface area contributed by atoms with Crippen molar-refractivity contribution < 1.29 is 13.2 Å². The molecule has 0 aliphatic carbocycles. The van der Waals surface area contributed by atoms with Crippen LogP contribution in [0, 0.1) is 0 Å². The van der Waals surface area contributed by atoms with Crippen molar-refractivity contribution in [3.63, 3.8) is 0 Å². The lowest BCUT2D eigenvalue weighted by Gasteiger charge is -2.16. The smallest absolute Gasteiger partial charge is 0.240 e. The molecule has 0 fully saturated rings. The molecule has 134 valence electrons. The average molecular weight is 490 g/mol. The summed E-state index contributed by atoms with van der Waals surface area (Å²) in [5.41, 5.74) is 0.964. The minimum Gasteiger partial charge on any atom is -0.350 e. The molecule has 2 N–H and O–H groups in total. The third kappa shape index (κ3) is 5.91. The maximum absolute atomic E-state index is 12.1. The quantitative estimate of drug-likeness (QED) is 0.621. The van der Waals surface area contributed by atoms with Gasteiger partial charge >= 0.3 is 0 Å². The van der Waals surface area contributed by atoms with Crippen LogP contribution in [0.1, 0.15) is 24.9 Å². The first-order valence-electron chi connectivity index (χ1n) is 7.58. The molecule has 5 nitrogen and oxygen atoms in total. The van der Waals surface area contributed by atoms with Crippen molar-refractivity contribution in [3.05, 3.63) is 63.0 Å². The first-order chi connectivity index (χ1) is 11.8. The highest BCUT2D eigenvalue weighted by molar-refractivity contribution is 9.10. The van der Waals surface area contributed by atoms with Gasteiger partial charge in [0, 0.05) is 21.9 Å². The summed E-state index contributed by atoms with van der Waals surface area (Å²) in [6.45, 7) is 1.91. The molecule has 0 saturated heterocycles. The summed E-state index contributed by atoms with van der Waals surface area (Å²) >= 11 is 6.71. The zero-order valence-corrected chi connectivity index (χ0v) is 17.5. The molecule has 25 heavy (non-hydrogen) atoms. The zero-order valence-electron chi connectivity index (χ0n) is 13.5. The van der Waals surface area contributed by atoms with Crippen molar-refractivity contribution >= 4 is 47.8 Å². The molecule has 1 amide bonds. The van der Waals surface area contributed by atoms with Gasteiger partial charge in [-0.2, -0.15) is 0 Å². The fourth-order valence-electron chi connectivity index (χ4n) is 2.21. The second-order valence-corrected chi connectivity index (χ2v) is 8.95. The molecule has 1 atom stereocenters. The third-order valence-corrected chi connectivity index (χ3v) is 6.25. The van der Waals surface area contributed by atoms with Crippen molar-refractivity contribution in [2.24, 2.45) is 0 Å². The SMILES string of the molecule is CC(NC(=O)CCNS(=O)(=O)c1ccc(Br)cc1)c1ccccc1Br. The molecule has 1 unspecified atom stereocenters. The zero-order chi connectivity index (χ0) is 18.4. The topological polar surface area (TPSA) is 75.3 Å². The number of hydrogen-bond donors (Lipinski definition) is 2. The summed E-state index contributed by atoms with van der Waals surface area (Å²) in [5, 5.41) is 2.86. The van der Waals surface area contributed by atoms with Crippen LogP contribution in [0.3, 0.4) is 0 Å². The van der Waals surface area contributed by atoms with Crippen LogP contribution >= 0.6 is 31.9 Å². The Morgan fingerprint density at radius 3 is 2.36 bits per heavy atom. The van der Waals surface area contributed by atoms with Gasteiger partial charge in [0.1, 0.15) is 0 Å². The highest BCUT2D eigenvalue weighted by Crippen LogP contribution is 2.22. The normalized spacial score (nSPS) is 12.6.